The summed E-state index contributed by atoms with van der Waals surface area (Å²) in [6.07, 6.45) is -1.65. The molecule has 0 aliphatic rings. The molecule has 4 rings (SSSR count). The van der Waals surface area contributed by atoms with Crippen molar-refractivity contribution in [1.82, 2.24) is 15.5 Å². The first-order chi connectivity index (χ1) is 16.3. The number of aryl methyl sites for hydroxylation is 1. The van der Waals surface area contributed by atoms with Gasteiger partial charge in [0.2, 0.25) is 5.82 Å². The van der Waals surface area contributed by atoms with Gasteiger partial charge in [0.05, 0.1) is 5.56 Å². The van der Waals surface area contributed by atoms with Crippen molar-refractivity contribution < 1.29 is 27.6 Å². The fourth-order valence-corrected chi connectivity index (χ4v) is 3.40. The summed E-state index contributed by atoms with van der Waals surface area (Å²) >= 11 is 0. The lowest BCUT2D eigenvalue weighted by Crippen LogP contribution is -2.31. The Labute approximate surface area is 193 Å². The van der Waals surface area contributed by atoms with Crippen molar-refractivity contribution >= 4 is 12.0 Å². The van der Waals surface area contributed by atoms with Crippen molar-refractivity contribution in [2.24, 2.45) is 0 Å². The number of imide groups is 1. The van der Waals surface area contributed by atoms with Crippen LogP contribution in [-0.2, 0) is 4.74 Å². The van der Waals surface area contributed by atoms with E-state index < -0.39 is 29.7 Å². The highest BCUT2D eigenvalue weighted by Gasteiger charge is 2.19. The van der Waals surface area contributed by atoms with E-state index >= 15 is 0 Å². The maximum atomic E-state index is 14.0. The molecule has 7 nitrogen and oxygen atoms in total. The van der Waals surface area contributed by atoms with Crippen molar-refractivity contribution in [3.05, 3.63) is 95.1 Å². The second kappa shape index (κ2) is 9.62. The Morgan fingerprint density at radius 3 is 2.59 bits per heavy atom. The summed E-state index contributed by atoms with van der Waals surface area (Å²) in [7, 11) is 0. The minimum Gasteiger partial charge on any atom is -0.441 e. The molecule has 1 heterocycles. The highest BCUT2D eigenvalue weighted by Crippen LogP contribution is 2.25. The number of nitrogens with zero attached hydrogens (tertiary/aromatic N) is 2. The normalized spacial score (nSPS) is 11.6. The first-order valence-corrected chi connectivity index (χ1v) is 10.3. The van der Waals surface area contributed by atoms with Gasteiger partial charge in [0.15, 0.2) is 0 Å². The van der Waals surface area contributed by atoms with Crippen LogP contribution in [0.25, 0.3) is 22.8 Å². The van der Waals surface area contributed by atoms with E-state index in [9.17, 15) is 18.4 Å². The largest absolute Gasteiger partial charge is 0.441 e. The Bertz CT molecular complexity index is 1370. The molecule has 0 fully saturated rings. The van der Waals surface area contributed by atoms with Crippen LogP contribution in [0.4, 0.5) is 13.6 Å². The Balaban J connectivity index is 1.45. The van der Waals surface area contributed by atoms with Crippen LogP contribution in [0.5, 0.6) is 0 Å². The average molecular weight is 463 g/mol. The van der Waals surface area contributed by atoms with Crippen molar-refractivity contribution in [3.63, 3.8) is 0 Å². The quantitative estimate of drug-likeness (QED) is 0.413. The van der Waals surface area contributed by atoms with E-state index in [1.54, 1.807) is 38.1 Å². The summed E-state index contributed by atoms with van der Waals surface area (Å²) < 4.78 is 37.7. The zero-order valence-electron chi connectivity index (χ0n) is 18.2. The van der Waals surface area contributed by atoms with E-state index in [0.717, 1.165) is 0 Å². The van der Waals surface area contributed by atoms with Crippen molar-refractivity contribution in [2.45, 2.75) is 20.0 Å². The van der Waals surface area contributed by atoms with E-state index in [2.05, 4.69) is 15.5 Å². The van der Waals surface area contributed by atoms with Gasteiger partial charge in [0, 0.05) is 11.1 Å². The van der Waals surface area contributed by atoms with Gasteiger partial charge in [-0.25, -0.2) is 13.6 Å². The summed E-state index contributed by atoms with van der Waals surface area (Å²) in [5, 5.41) is 6.01. The summed E-state index contributed by atoms with van der Waals surface area (Å²) in [5.74, 6) is -1.45. The number of alkyl carbamates (subject to hydrolysis) is 1. The molecule has 9 heteroatoms. The molecule has 0 aliphatic carbocycles. The van der Waals surface area contributed by atoms with Crippen LogP contribution in [0.2, 0.25) is 0 Å². The second-order valence-electron chi connectivity index (χ2n) is 7.49. The fourth-order valence-electron chi connectivity index (χ4n) is 3.40. The third-order valence-electron chi connectivity index (χ3n) is 5.08. The highest BCUT2D eigenvalue weighted by atomic mass is 19.1. The summed E-state index contributed by atoms with van der Waals surface area (Å²) in [4.78, 5) is 29.0. The smallest absolute Gasteiger partial charge is 0.414 e. The lowest BCUT2D eigenvalue weighted by molar-refractivity contribution is 0.0852. The summed E-state index contributed by atoms with van der Waals surface area (Å²) in [6.45, 7) is 3.32. The third-order valence-corrected chi connectivity index (χ3v) is 5.08. The Hall–Kier alpha value is -4.40. The van der Waals surface area contributed by atoms with Gasteiger partial charge in [-0.1, -0.05) is 35.5 Å². The average Bonchev–Trinajstić information content (AvgIpc) is 3.29. The predicted molar refractivity (Wildman–Crippen MR) is 119 cm³/mol. The van der Waals surface area contributed by atoms with Gasteiger partial charge >= 0.3 is 6.09 Å². The Kier molecular flexibility index (Phi) is 6.44. The molecule has 0 saturated carbocycles. The molecule has 172 valence electrons. The van der Waals surface area contributed by atoms with Gasteiger partial charge in [-0.3, -0.25) is 10.1 Å². The van der Waals surface area contributed by atoms with E-state index in [-0.39, 0.29) is 22.8 Å². The van der Waals surface area contributed by atoms with Gasteiger partial charge in [0.25, 0.3) is 11.8 Å². The van der Waals surface area contributed by atoms with Crippen LogP contribution in [0.15, 0.2) is 71.3 Å². The Morgan fingerprint density at radius 1 is 1.03 bits per heavy atom. The van der Waals surface area contributed by atoms with E-state index in [0.29, 0.717) is 16.7 Å². The number of hydrogen-bond donors (Lipinski definition) is 1. The fraction of sp³-hybridized carbons (Fsp3) is 0.120. The topological polar surface area (TPSA) is 94.3 Å². The monoisotopic (exact) mass is 463 g/mol. The lowest BCUT2D eigenvalue weighted by atomic mass is 10.0. The molecule has 0 saturated heterocycles. The first-order valence-electron chi connectivity index (χ1n) is 10.3. The molecule has 0 bridgehead atoms. The van der Waals surface area contributed by atoms with Crippen molar-refractivity contribution in [1.29, 1.82) is 0 Å². The number of carbonyl (C=O) groups excluding carboxylic acids is 2. The summed E-state index contributed by atoms with van der Waals surface area (Å²) in [5.41, 5.74) is 1.98. The van der Waals surface area contributed by atoms with Crippen molar-refractivity contribution in [2.75, 3.05) is 0 Å². The molecule has 3 aromatic carbocycles. The van der Waals surface area contributed by atoms with Gasteiger partial charge in [-0.2, -0.15) is 4.98 Å². The zero-order chi connectivity index (χ0) is 24.2. The van der Waals surface area contributed by atoms with Gasteiger partial charge in [0.1, 0.15) is 17.7 Å². The first kappa shape index (κ1) is 22.8. The van der Waals surface area contributed by atoms with E-state index in [1.165, 1.54) is 42.5 Å². The molecular formula is C25H19F2N3O4. The van der Waals surface area contributed by atoms with Gasteiger partial charge in [-0.15, -0.1) is 0 Å². The standard InChI is InChI=1S/C25H19F2N3O4/c1-14-12-18(26)10-11-19(14)15(2)33-25(32)29-23(31)17-7-5-6-16(13-17)22-28-24(34-30-22)20-8-3-4-9-21(20)27/h3-13,15H,1-2H3,(H,29,31,32). The van der Waals surface area contributed by atoms with Crippen LogP contribution >= 0.6 is 0 Å². The van der Waals surface area contributed by atoms with Crippen LogP contribution in [0.1, 0.15) is 34.5 Å². The number of aromatic nitrogens is 2. The molecule has 0 spiro atoms. The maximum Gasteiger partial charge on any atom is 0.414 e. The summed E-state index contributed by atoms with van der Waals surface area (Å²) in [6, 6.07) is 16.3. The number of amides is 2. The number of ether oxygens (including phenoxy) is 1. The number of halogens is 2. The van der Waals surface area contributed by atoms with Gasteiger partial charge < -0.3 is 9.26 Å². The molecule has 0 aliphatic heterocycles. The highest BCUT2D eigenvalue weighted by molar-refractivity contribution is 6.03. The number of rotatable bonds is 5. The minimum atomic E-state index is -0.951. The number of nitrogens with one attached hydrogen (secondary N) is 1. The third kappa shape index (κ3) is 4.98. The van der Waals surface area contributed by atoms with Gasteiger partial charge in [-0.05, 0) is 61.4 Å². The molecule has 2 amide bonds. The molecule has 34 heavy (non-hydrogen) atoms. The van der Waals surface area contributed by atoms with Crippen LogP contribution in [0, 0.1) is 18.6 Å². The Morgan fingerprint density at radius 2 is 1.82 bits per heavy atom. The number of carbonyl (C=O) groups is 2. The maximum absolute atomic E-state index is 14.0. The zero-order valence-corrected chi connectivity index (χ0v) is 18.2. The van der Waals surface area contributed by atoms with E-state index in [4.69, 9.17) is 9.26 Å². The predicted octanol–water partition coefficient (Wildman–Crippen LogP) is 5.62. The van der Waals surface area contributed by atoms with Crippen LogP contribution in [0.3, 0.4) is 0 Å². The molecule has 1 unspecified atom stereocenters. The minimum absolute atomic E-state index is 0.00314. The molecule has 1 atom stereocenters. The molecule has 0 radical (unpaired) electrons. The molecule has 1 N–H and O–H groups in total. The molecular weight excluding hydrogens is 444 g/mol. The van der Waals surface area contributed by atoms with Crippen LogP contribution in [-0.4, -0.2) is 22.1 Å². The molecule has 4 aromatic rings. The van der Waals surface area contributed by atoms with E-state index in [1.807, 2.05) is 0 Å². The van der Waals surface area contributed by atoms with Crippen molar-refractivity contribution in [3.8, 4) is 22.8 Å². The number of benzene rings is 3. The SMILES string of the molecule is Cc1cc(F)ccc1C(C)OC(=O)NC(=O)c1cccc(-c2noc(-c3ccccc3F)n2)c1. The molecule has 1 aromatic heterocycles. The van der Waals surface area contributed by atoms with Crippen LogP contribution < -0.4 is 5.32 Å². The second-order valence-corrected chi connectivity index (χ2v) is 7.49. The number of hydrogen-bond acceptors (Lipinski definition) is 6. The lowest BCUT2D eigenvalue weighted by Gasteiger charge is -2.16.